The Bertz CT molecular complexity index is 942. The van der Waals surface area contributed by atoms with E-state index in [1.165, 1.54) is 22.3 Å². The number of carbonyl (C=O) groups excluding carboxylic acids is 1. The molecule has 8 nitrogen and oxygen atoms in total. The highest BCUT2D eigenvalue weighted by Crippen LogP contribution is 2.24. The minimum absolute atomic E-state index is 0.212. The number of tetrazole rings is 1. The number of thiophene rings is 2. The summed E-state index contributed by atoms with van der Waals surface area (Å²) in [4.78, 5) is 18.2. The molecule has 1 amide bonds. The predicted octanol–water partition coefficient (Wildman–Crippen LogP) is 2.37. The van der Waals surface area contributed by atoms with Crippen molar-refractivity contribution in [3.63, 3.8) is 0 Å². The quantitative estimate of drug-likeness (QED) is 0.588. The maximum atomic E-state index is 12.4. The van der Waals surface area contributed by atoms with Crippen LogP contribution in [0.5, 0.6) is 0 Å². The average Bonchev–Trinajstić information content (AvgIpc) is 3.40. The number of hydrogen-bond acceptors (Lipinski definition) is 8. The molecule has 0 saturated heterocycles. The van der Waals surface area contributed by atoms with E-state index in [1.807, 2.05) is 22.9 Å². The third kappa shape index (κ3) is 2.84. The number of amides is 1. The zero-order valence-corrected chi connectivity index (χ0v) is 13.8. The minimum atomic E-state index is -0.212. The SMILES string of the molecule is O=C(NCc1coc(-c2cccs2)n1)c1sccc1-n1cnnn1. The maximum absolute atomic E-state index is 12.4. The van der Waals surface area contributed by atoms with Gasteiger partial charge in [-0.1, -0.05) is 6.07 Å². The van der Waals surface area contributed by atoms with Gasteiger partial charge in [0.25, 0.3) is 5.91 Å². The standard InChI is InChI=1S/C14H10N6O2S2/c21-13(12-10(3-5-24-12)20-8-16-18-19-20)15-6-9-7-22-14(17-9)11-2-1-4-23-11/h1-5,7-8H,6H2,(H,15,21). The smallest absolute Gasteiger partial charge is 0.263 e. The molecule has 120 valence electrons. The average molecular weight is 358 g/mol. The first-order valence-electron chi connectivity index (χ1n) is 6.88. The van der Waals surface area contributed by atoms with Crippen molar-refractivity contribution in [3.8, 4) is 16.5 Å². The van der Waals surface area contributed by atoms with Gasteiger partial charge in [-0.3, -0.25) is 4.79 Å². The van der Waals surface area contributed by atoms with Crippen molar-refractivity contribution in [2.24, 2.45) is 0 Å². The van der Waals surface area contributed by atoms with Crippen LogP contribution in [0.25, 0.3) is 16.5 Å². The molecule has 0 aromatic carbocycles. The molecule has 0 atom stereocenters. The summed E-state index contributed by atoms with van der Waals surface area (Å²) < 4.78 is 6.89. The monoisotopic (exact) mass is 358 g/mol. The van der Waals surface area contributed by atoms with E-state index < -0.39 is 0 Å². The van der Waals surface area contributed by atoms with Crippen LogP contribution in [0.1, 0.15) is 15.4 Å². The lowest BCUT2D eigenvalue weighted by atomic mass is 10.3. The Morgan fingerprint density at radius 2 is 2.25 bits per heavy atom. The molecule has 0 saturated carbocycles. The highest BCUT2D eigenvalue weighted by Gasteiger charge is 2.16. The fourth-order valence-electron chi connectivity index (χ4n) is 2.08. The Hall–Kier alpha value is -2.85. The highest BCUT2D eigenvalue weighted by atomic mass is 32.1. The van der Waals surface area contributed by atoms with Crippen molar-refractivity contribution in [1.82, 2.24) is 30.5 Å². The molecule has 0 bridgehead atoms. The van der Waals surface area contributed by atoms with E-state index in [1.54, 1.807) is 23.7 Å². The van der Waals surface area contributed by atoms with Gasteiger partial charge in [0.15, 0.2) is 0 Å². The van der Waals surface area contributed by atoms with Gasteiger partial charge in [0.1, 0.15) is 17.5 Å². The molecule has 0 aliphatic rings. The largest absolute Gasteiger partial charge is 0.443 e. The molecule has 4 aromatic heterocycles. The molecular formula is C14H10N6O2S2. The van der Waals surface area contributed by atoms with Crippen LogP contribution in [0, 0.1) is 0 Å². The van der Waals surface area contributed by atoms with Crippen LogP contribution in [0.3, 0.4) is 0 Å². The van der Waals surface area contributed by atoms with E-state index >= 15 is 0 Å². The van der Waals surface area contributed by atoms with Crippen molar-refractivity contribution < 1.29 is 9.21 Å². The summed E-state index contributed by atoms with van der Waals surface area (Å²) in [5.41, 5.74) is 1.30. The fourth-order valence-corrected chi connectivity index (χ4v) is 3.53. The van der Waals surface area contributed by atoms with Gasteiger partial charge in [-0.05, 0) is 33.3 Å². The van der Waals surface area contributed by atoms with Crippen molar-refractivity contribution >= 4 is 28.6 Å². The normalized spacial score (nSPS) is 10.8. The molecule has 10 heteroatoms. The van der Waals surface area contributed by atoms with Crippen LogP contribution in [0.15, 0.2) is 46.0 Å². The first-order valence-corrected chi connectivity index (χ1v) is 8.64. The van der Waals surface area contributed by atoms with E-state index in [0.717, 1.165) is 4.88 Å². The van der Waals surface area contributed by atoms with Crippen molar-refractivity contribution in [2.75, 3.05) is 0 Å². The summed E-state index contributed by atoms with van der Waals surface area (Å²) in [6.45, 7) is 0.278. The second-order valence-corrected chi connectivity index (χ2v) is 6.56. The number of oxazole rings is 1. The van der Waals surface area contributed by atoms with E-state index in [0.29, 0.717) is 22.1 Å². The number of nitrogens with one attached hydrogen (secondary N) is 1. The number of nitrogens with zero attached hydrogens (tertiary/aromatic N) is 5. The Morgan fingerprint density at radius 3 is 3.04 bits per heavy atom. The Labute approximate surface area is 143 Å². The molecule has 24 heavy (non-hydrogen) atoms. The molecule has 0 fully saturated rings. The van der Waals surface area contributed by atoms with E-state index in [-0.39, 0.29) is 12.5 Å². The predicted molar refractivity (Wildman–Crippen MR) is 88.0 cm³/mol. The van der Waals surface area contributed by atoms with Crippen LogP contribution < -0.4 is 5.32 Å². The third-order valence-electron chi connectivity index (χ3n) is 3.16. The first-order chi connectivity index (χ1) is 11.8. The molecule has 0 unspecified atom stereocenters. The molecule has 1 N–H and O–H groups in total. The van der Waals surface area contributed by atoms with Gasteiger partial charge in [-0.25, -0.2) is 4.98 Å². The lowest BCUT2D eigenvalue weighted by Crippen LogP contribution is -2.23. The highest BCUT2D eigenvalue weighted by molar-refractivity contribution is 7.13. The number of aromatic nitrogens is 5. The molecule has 0 radical (unpaired) electrons. The molecule has 4 rings (SSSR count). The first kappa shape index (κ1) is 14.7. The van der Waals surface area contributed by atoms with Gasteiger partial charge in [0.2, 0.25) is 5.89 Å². The Morgan fingerprint density at radius 1 is 1.29 bits per heavy atom. The summed E-state index contributed by atoms with van der Waals surface area (Å²) in [7, 11) is 0. The minimum Gasteiger partial charge on any atom is -0.443 e. The van der Waals surface area contributed by atoms with Crippen LogP contribution in [0.2, 0.25) is 0 Å². The molecule has 0 aliphatic carbocycles. The van der Waals surface area contributed by atoms with Crippen molar-refractivity contribution in [2.45, 2.75) is 6.54 Å². The summed E-state index contributed by atoms with van der Waals surface area (Å²) in [5.74, 6) is 0.343. The van der Waals surface area contributed by atoms with Crippen molar-refractivity contribution in [1.29, 1.82) is 0 Å². The molecule has 0 aliphatic heterocycles. The summed E-state index contributed by atoms with van der Waals surface area (Å²) in [6, 6.07) is 5.66. The zero-order chi connectivity index (χ0) is 16.4. The summed E-state index contributed by atoms with van der Waals surface area (Å²) in [6.07, 6.45) is 3.00. The third-order valence-corrected chi connectivity index (χ3v) is 4.92. The lowest BCUT2D eigenvalue weighted by molar-refractivity contribution is 0.0954. The molecule has 4 heterocycles. The van der Waals surface area contributed by atoms with Gasteiger partial charge in [0, 0.05) is 0 Å². The van der Waals surface area contributed by atoms with E-state index in [4.69, 9.17) is 4.42 Å². The fraction of sp³-hybridized carbons (Fsp3) is 0.0714. The van der Waals surface area contributed by atoms with Crippen LogP contribution in [-0.2, 0) is 6.54 Å². The second kappa shape index (κ2) is 6.34. The van der Waals surface area contributed by atoms with Gasteiger partial charge >= 0.3 is 0 Å². The summed E-state index contributed by atoms with van der Waals surface area (Å²) in [5, 5.41) is 17.6. The van der Waals surface area contributed by atoms with Crippen LogP contribution in [-0.4, -0.2) is 31.1 Å². The van der Waals surface area contributed by atoms with Gasteiger partial charge in [0.05, 0.1) is 22.8 Å². The molecular weight excluding hydrogens is 348 g/mol. The topological polar surface area (TPSA) is 98.7 Å². The van der Waals surface area contributed by atoms with Crippen molar-refractivity contribution in [3.05, 3.63) is 52.1 Å². The van der Waals surface area contributed by atoms with E-state index in [2.05, 4.69) is 25.8 Å². The van der Waals surface area contributed by atoms with Gasteiger partial charge in [-0.2, -0.15) is 4.68 Å². The maximum Gasteiger partial charge on any atom is 0.263 e. The van der Waals surface area contributed by atoms with Gasteiger partial charge in [-0.15, -0.1) is 27.8 Å². The Balaban J connectivity index is 1.45. The number of hydrogen-bond donors (Lipinski definition) is 1. The Kier molecular flexibility index (Phi) is 3.89. The number of rotatable bonds is 5. The van der Waals surface area contributed by atoms with Crippen LogP contribution >= 0.6 is 22.7 Å². The van der Waals surface area contributed by atoms with E-state index in [9.17, 15) is 4.79 Å². The van der Waals surface area contributed by atoms with Gasteiger partial charge < -0.3 is 9.73 Å². The lowest BCUT2D eigenvalue weighted by Gasteiger charge is -2.03. The molecule has 0 spiro atoms. The summed E-state index contributed by atoms with van der Waals surface area (Å²) >= 11 is 2.87. The van der Waals surface area contributed by atoms with Crippen LogP contribution in [0.4, 0.5) is 0 Å². The second-order valence-electron chi connectivity index (χ2n) is 4.69. The number of carbonyl (C=O) groups is 1. The zero-order valence-electron chi connectivity index (χ0n) is 12.1. The molecule has 4 aromatic rings.